The van der Waals surface area contributed by atoms with Gasteiger partial charge >= 0.3 is 0 Å². The van der Waals surface area contributed by atoms with Gasteiger partial charge in [-0.3, -0.25) is 9.10 Å². The molecule has 1 N–H and O–H groups in total. The lowest BCUT2D eigenvalue weighted by molar-refractivity contribution is -0.126. The number of hydrogen-bond acceptors (Lipinski definition) is 5. The summed E-state index contributed by atoms with van der Waals surface area (Å²) in [5, 5.41) is 2.73. The summed E-state index contributed by atoms with van der Waals surface area (Å²) in [6.07, 6.45) is 1.16. The van der Waals surface area contributed by atoms with Gasteiger partial charge in [0.2, 0.25) is 0 Å². The van der Waals surface area contributed by atoms with Crippen LogP contribution in [0, 0.1) is 0 Å². The Morgan fingerprint density at radius 1 is 1.13 bits per heavy atom. The van der Waals surface area contributed by atoms with E-state index in [1.54, 1.807) is 38.1 Å². The van der Waals surface area contributed by atoms with Gasteiger partial charge in [0.25, 0.3) is 15.9 Å². The normalized spacial score (nSPS) is 12.3. The fraction of sp³-hybridized carbons (Fsp3) is 0.409. The SMILES string of the molecule is CCCCOC(C)C(=O)Nc1cc(S(=O)(=O)N(CC)c2ccccc2)ccc1OC. The molecule has 0 aromatic heterocycles. The smallest absolute Gasteiger partial charge is 0.264 e. The molecule has 0 aliphatic carbocycles. The van der Waals surface area contributed by atoms with Crippen molar-refractivity contribution in [1.82, 2.24) is 0 Å². The van der Waals surface area contributed by atoms with Crippen molar-refractivity contribution in [3.05, 3.63) is 48.5 Å². The summed E-state index contributed by atoms with van der Waals surface area (Å²) in [5.74, 6) is 0.000163. The zero-order chi connectivity index (χ0) is 22.1. The fourth-order valence-electron chi connectivity index (χ4n) is 2.87. The zero-order valence-corrected chi connectivity index (χ0v) is 18.7. The van der Waals surface area contributed by atoms with Crippen LogP contribution in [0.4, 0.5) is 11.4 Å². The summed E-state index contributed by atoms with van der Waals surface area (Å²) in [6, 6.07) is 13.3. The van der Waals surface area contributed by atoms with E-state index in [0.29, 0.717) is 18.0 Å². The minimum Gasteiger partial charge on any atom is -0.495 e. The van der Waals surface area contributed by atoms with Crippen LogP contribution in [0.1, 0.15) is 33.6 Å². The third-order valence-electron chi connectivity index (χ3n) is 4.58. The largest absolute Gasteiger partial charge is 0.495 e. The summed E-state index contributed by atoms with van der Waals surface area (Å²) < 4.78 is 38.7. The van der Waals surface area contributed by atoms with Crippen LogP contribution in [-0.2, 0) is 19.6 Å². The first-order chi connectivity index (χ1) is 14.3. The van der Waals surface area contributed by atoms with Gasteiger partial charge in [-0.15, -0.1) is 0 Å². The standard InChI is InChI=1S/C22H30N2O5S/c1-5-7-15-29-17(3)22(25)23-20-16-19(13-14-21(20)28-4)30(26,27)24(6-2)18-11-9-8-10-12-18/h8-14,16-17H,5-7,15H2,1-4H3,(H,23,25). The average Bonchev–Trinajstić information content (AvgIpc) is 2.74. The van der Waals surface area contributed by atoms with Gasteiger partial charge < -0.3 is 14.8 Å². The molecule has 0 spiro atoms. The third kappa shape index (κ3) is 5.73. The van der Waals surface area contributed by atoms with E-state index >= 15 is 0 Å². The Morgan fingerprint density at radius 2 is 1.83 bits per heavy atom. The van der Waals surface area contributed by atoms with Crippen molar-refractivity contribution in [2.45, 2.75) is 44.6 Å². The molecule has 0 fully saturated rings. The molecule has 1 unspecified atom stereocenters. The predicted molar refractivity (Wildman–Crippen MR) is 119 cm³/mol. The Hall–Kier alpha value is -2.58. The summed E-state index contributed by atoms with van der Waals surface area (Å²) in [6.45, 7) is 6.22. The van der Waals surface area contributed by atoms with Crippen LogP contribution >= 0.6 is 0 Å². The average molecular weight is 435 g/mol. The lowest BCUT2D eigenvalue weighted by atomic mass is 10.2. The van der Waals surface area contributed by atoms with Crippen LogP contribution in [0.15, 0.2) is 53.4 Å². The number of carbonyl (C=O) groups is 1. The van der Waals surface area contributed by atoms with Gasteiger partial charge in [-0.25, -0.2) is 8.42 Å². The van der Waals surface area contributed by atoms with Gasteiger partial charge in [-0.05, 0) is 50.6 Å². The van der Waals surface area contributed by atoms with E-state index in [2.05, 4.69) is 5.32 Å². The summed E-state index contributed by atoms with van der Waals surface area (Å²) >= 11 is 0. The lowest BCUT2D eigenvalue weighted by Crippen LogP contribution is -2.31. The Balaban J connectivity index is 2.31. The Kier molecular flexibility index (Phi) is 8.68. The van der Waals surface area contributed by atoms with E-state index in [4.69, 9.17) is 9.47 Å². The molecule has 1 atom stereocenters. The molecule has 164 valence electrons. The second-order valence-corrected chi connectivity index (χ2v) is 8.59. The highest BCUT2D eigenvalue weighted by Crippen LogP contribution is 2.31. The minimum absolute atomic E-state index is 0.0591. The van der Waals surface area contributed by atoms with Crippen molar-refractivity contribution in [3.8, 4) is 5.75 Å². The molecule has 0 saturated heterocycles. The first-order valence-corrected chi connectivity index (χ1v) is 11.5. The molecule has 2 aromatic rings. The number of amides is 1. The number of ether oxygens (including phenoxy) is 2. The molecule has 0 aliphatic heterocycles. The summed E-state index contributed by atoms with van der Waals surface area (Å²) in [4.78, 5) is 12.6. The van der Waals surface area contributed by atoms with Crippen LogP contribution in [0.5, 0.6) is 5.75 Å². The quantitative estimate of drug-likeness (QED) is 0.539. The van der Waals surface area contributed by atoms with Crippen molar-refractivity contribution in [3.63, 3.8) is 0 Å². The topological polar surface area (TPSA) is 84.9 Å². The van der Waals surface area contributed by atoms with Crippen molar-refractivity contribution in [2.75, 3.05) is 29.9 Å². The maximum atomic E-state index is 13.3. The summed E-state index contributed by atoms with van der Waals surface area (Å²) in [5.41, 5.74) is 0.845. The Morgan fingerprint density at radius 3 is 2.43 bits per heavy atom. The third-order valence-corrected chi connectivity index (χ3v) is 6.48. The van der Waals surface area contributed by atoms with Crippen LogP contribution in [-0.4, -0.2) is 40.7 Å². The number of nitrogens with one attached hydrogen (secondary N) is 1. The Bertz CT molecular complexity index is 932. The first kappa shape index (κ1) is 23.7. The van der Waals surface area contributed by atoms with Crippen molar-refractivity contribution >= 4 is 27.3 Å². The molecule has 2 aromatic carbocycles. The number of rotatable bonds is 11. The molecule has 0 aliphatic rings. The number of unbranched alkanes of at least 4 members (excludes halogenated alkanes) is 1. The van der Waals surface area contributed by atoms with E-state index < -0.39 is 16.1 Å². The van der Waals surface area contributed by atoms with Crippen LogP contribution in [0.3, 0.4) is 0 Å². The number of carbonyl (C=O) groups excluding carboxylic acids is 1. The van der Waals surface area contributed by atoms with Crippen molar-refractivity contribution in [2.24, 2.45) is 0 Å². The van der Waals surface area contributed by atoms with Gasteiger partial charge in [-0.2, -0.15) is 0 Å². The molecule has 0 radical (unpaired) electrons. The minimum atomic E-state index is -3.83. The number of nitrogens with zero attached hydrogens (tertiary/aromatic N) is 1. The summed E-state index contributed by atoms with van der Waals surface area (Å²) in [7, 11) is -2.37. The molecule has 1 amide bonds. The monoisotopic (exact) mass is 434 g/mol. The Labute approximate surface area is 179 Å². The number of methoxy groups -OCH3 is 1. The van der Waals surface area contributed by atoms with Gasteiger partial charge in [-0.1, -0.05) is 31.5 Å². The molecule has 2 rings (SSSR count). The lowest BCUT2D eigenvalue weighted by Gasteiger charge is -2.23. The van der Waals surface area contributed by atoms with E-state index in [-0.39, 0.29) is 23.0 Å². The molecule has 0 bridgehead atoms. The number of anilines is 2. The van der Waals surface area contributed by atoms with Crippen molar-refractivity contribution in [1.29, 1.82) is 0 Å². The van der Waals surface area contributed by atoms with Crippen LogP contribution in [0.25, 0.3) is 0 Å². The van der Waals surface area contributed by atoms with Crippen molar-refractivity contribution < 1.29 is 22.7 Å². The molecule has 30 heavy (non-hydrogen) atoms. The van der Waals surface area contributed by atoms with E-state index in [9.17, 15) is 13.2 Å². The second-order valence-electron chi connectivity index (χ2n) is 6.72. The highest BCUT2D eigenvalue weighted by Gasteiger charge is 2.25. The highest BCUT2D eigenvalue weighted by molar-refractivity contribution is 7.92. The molecule has 7 nitrogen and oxygen atoms in total. The molecular formula is C22H30N2O5S. The highest BCUT2D eigenvalue weighted by atomic mass is 32.2. The van der Waals surface area contributed by atoms with E-state index in [1.807, 2.05) is 13.0 Å². The number of hydrogen-bond donors (Lipinski definition) is 1. The molecule has 0 heterocycles. The number of benzene rings is 2. The van der Waals surface area contributed by atoms with E-state index in [1.165, 1.54) is 29.6 Å². The van der Waals surface area contributed by atoms with Crippen LogP contribution in [0.2, 0.25) is 0 Å². The second kappa shape index (κ2) is 11.0. The van der Waals surface area contributed by atoms with Gasteiger partial charge in [0.05, 0.1) is 23.4 Å². The maximum Gasteiger partial charge on any atom is 0.264 e. The van der Waals surface area contributed by atoms with E-state index in [0.717, 1.165) is 12.8 Å². The van der Waals surface area contributed by atoms with Gasteiger partial charge in [0.15, 0.2) is 0 Å². The van der Waals surface area contributed by atoms with Gasteiger partial charge in [0.1, 0.15) is 11.9 Å². The fourth-order valence-corrected chi connectivity index (χ4v) is 4.37. The molecule has 0 saturated carbocycles. The maximum absolute atomic E-state index is 13.3. The zero-order valence-electron chi connectivity index (χ0n) is 17.9. The molecular weight excluding hydrogens is 404 g/mol. The predicted octanol–water partition coefficient (Wildman–Crippen LogP) is 4.05. The van der Waals surface area contributed by atoms with Gasteiger partial charge in [0, 0.05) is 13.2 Å². The first-order valence-electron chi connectivity index (χ1n) is 10.0. The number of sulfonamides is 1. The molecule has 8 heteroatoms. The van der Waals surface area contributed by atoms with Crippen LogP contribution < -0.4 is 14.4 Å². The number of para-hydroxylation sites is 1.